The number of ketones is 1. The minimum Gasteiger partial charge on any atom is -0.398 e. The first kappa shape index (κ1) is 12.9. The van der Waals surface area contributed by atoms with Crippen LogP contribution in [0.2, 0.25) is 0 Å². The van der Waals surface area contributed by atoms with Crippen molar-refractivity contribution in [3.63, 3.8) is 0 Å². The maximum absolute atomic E-state index is 12.6. The van der Waals surface area contributed by atoms with E-state index in [4.69, 9.17) is 5.73 Å². The lowest BCUT2D eigenvalue weighted by Gasteiger charge is -2.13. The van der Waals surface area contributed by atoms with Crippen molar-refractivity contribution in [3.05, 3.63) is 29.3 Å². The highest BCUT2D eigenvalue weighted by Gasteiger charge is 2.33. The number of anilines is 1. The van der Waals surface area contributed by atoms with Crippen molar-refractivity contribution in [2.24, 2.45) is 5.92 Å². The standard InChI is InChI=1S/C12H13F3N2O/c13-12(14,15)8-1-2-10(16)9(5-8)11(18)7-3-4-17-6-7/h1-2,5,7,17H,3-4,6,16H2. The van der Waals surface area contributed by atoms with E-state index in [1.165, 1.54) is 0 Å². The first-order valence-electron chi connectivity index (χ1n) is 5.61. The molecule has 1 fully saturated rings. The van der Waals surface area contributed by atoms with Crippen molar-refractivity contribution < 1.29 is 18.0 Å². The number of carbonyl (C=O) groups excluding carboxylic acids is 1. The van der Waals surface area contributed by atoms with Crippen LogP contribution in [0.3, 0.4) is 0 Å². The van der Waals surface area contributed by atoms with E-state index in [2.05, 4.69) is 5.32 Å². The van der Waals surface area contributed by atoms with E-state index in [9.17, 15) is 18.0 Å². The summed E-state index contributed by atoms with van der Waals surface area (Å²) in [5.41, 5.74) is 4.82. The van der Waals surface area contributed by atoms with Crippen LogP contribution in [0.1, 0.15) is 22.3 Å². The first-order chi connectivity index (χ1) is 8.39. The zero-order valence-corrected chi connectivity index (χ0v) is 9.55. The molecule has 0 radical (unpaired) electrons. The Kier molecular flexibility index (Phi) is 3.30. The topological polar surface area (TPSA) is 55.1 Å². The van der Waals surface area contributed by atoms with E-state index in [1.54, 1.807) is 0 Å². The van der Waals surface area contributed by atoms with Gasteiger partial charge in [-0.25, -0.2) is 0 Å². The molecule has 1 atom stereocenters. The summed E-state index contributed by atoms with van der Waals surface area (Å²) in [5, 5.41) is 3.00. The highest BCUT2D eigenvalue weighted by molar-refractivity contribution is 6.02. The minimum atomic E-state index is -4.46. The van der Waals surface area contributed by atoms with Crippen LogP contribution in [0.4, 0.5) is 18.9 Å². The van der Waals surface area contributed by atoms with Crippen LogP contribution in [0.5, 0.6) is 0 Å². The number of Topliss-reactive ketones (excluding diaryl/α,β-unsaturated/α-hetero) is 1. The predicted molar refractivity (Wildman–Crippen MR) is 61.2 cm³/mol. The zero-order chi connectivity index (χ0) is 13.3. The van der Waals surface area contributed by atoms with Gasteiger partial charge in [0.15, 0.2) is 5.78 Å². The normalized spacial score (nSPS) is 20.1. The SMILES string of the molecule is Nc1ccc(C(F)(F)F)cc1C(=O)C1CCNC1. The Morgan fingerprint density at radius 3 is 2.67 bits per heavy atom. The number of benzene rings is 1. The van der Waals surface area contributed by atoms with Gasteiger partial charge in [0.2, 0.25) is 0 Å². The van der Waals surface area contributed by atoms with Gasteiger partial charge in [-0.1, -0.05) is 0 Å². The Labute approximate surface area is 102 Å². The van der Waals surface area contributed by atoms with Crippen molar-refractivity contribution in [2.45, 2.75) is 12.6 Å². The van der Waals surface area contributed by atoms with Gasteiger partial charge in [-0.3, -0.25) is 4.79 Å². The monoisotopic (exact) mass is 258 g/mol. The lowest BCUT2D eigenvalue weighted by Crippen LogP contribution is -2.20. The van der Waals surface area contributed by atoms with Crippen molar-refractivity contribution in [3.8, 4) is 0 Å². The molecule has 1 aromatic carbocycles. The summed E-state index contributed by atoms with van der Waals surface area (Å²) in [6, 6.07) is 2.87. The number of hydrogen-bond acceptors (Lipinski definition) is 3. The van der Waals surface area contributed by atoms with Crippen molar-refractivity contribution >= 4 is 11.5 Å². The van der Waals surface area contributed by atoms with E-state index in [0.29, 0.717) is 19.5 Å². The highest BCUT2D eigenvalue weighted by Crippen LogP contribution is 2.32. The number of nitrogen functional groups attached to an aromatic ring is 1. The Hall–Kier alpha value is -1.56. The van der Waals surface area contributed by atoms with E-state index in [0.717, 1.165) is 18.2 Å². The van der Waals surface area contributed by atoms with Crippen molar-refractivity contribution in [1.29, 1.82) is 0 Å². The van der Waals surface area contributed by atoms with E-state index >= 15 is 0 Å². The summed E-state index contributed by atoms with van der Waals surface area (Å²) < 4.78 is 37.7. The third-order valence-electron chi connectivity index (χ3n) is 3.08. The molecule has 0 amide bonds. The second-order valence-corrected chi connectivity index (χ2v) is 4.35. The van der Waals surface area contributed by atoms with Crippen LogP contribution in [0.25, 0.3) is 0 Å². The van der Waals surface area contributed by atoms with Gasteiger partial charge >= 0.3 is 6.18 Å². The fourth-order valence-electron chi connectivity index (χ4n) is 2.04. The van der Waals surface area contributed by atoms with Gasteiger partial charge in [0, 0.05) is 23.7 Å². The summed E-state index contributed by atoms with van der Waals surface area (Å²) >= 11 is 0. The van der Waals surface area contributed by atoms with Gasteiger partial charge in [-0.05, 0) is 31.2 Å². The second-order valence-electron chi connectivity index (χ2n) is 4.35. The molecule has 3 nitrogen and oxygen atoms in total. The average molecular weight is 258 g/mol. The van der Waals surface area contributed by atoms with Crippen LogP contribution < -0.4 is 11.1 Å². The number of nitrogens with one attached hydrogen (secondary N) is 1. The third kappa shape index (κ3) is 2.48. The summed E-state index contributed by atoms with van der Waals surface area (Å²) in [7, 11) is 0. The summed E-state index contributed by atoms with van der Waals surface area (Å²) in [4.78, 5) is 12.1. The Morgan fingerprint density at radius 2 is 2.11 bits per heavy atom. The highest BCUT2D eigenvalue weighted by atomic mass is 19.4. The number of rotatable bonds is 2. The van der Waals surface area contributed by atoms with Crippen LogP contribution in [0.15, 0.2) is 18.2 Å². The summed E-state index contributed by atoms with van der Waals surface area (Å²) in [6.07, 6.45) is -3.83. The fourth-order valence-corrected chi connectivity index (χ4v) is 2.04. The molecule has 3 N–H and O–H groups in total. The average Bonchev–Trinajstić information content (AvgIpc) is 2.80. The van der Waals surface area contributed by atoms with E-state index in [1.807, 2.05) is 0 Å². The van der Waals surface area contributed by atoms with Crippen LogP contribution in [-0.4, -0.2) is 18.9 Å². The Bertz CT molecular complexity index is 465. The number of carbonyl (C=O) groups is 1. The van der Waals surface area contributed by atoms with Gasteiger partial charge < -0.3 is 11.1 Å². The quantitative estimate of drug-likeness (QED) is 0.630. The predicted octanol–water partition coefficient (Wildman–Crippen LogP) is 2.08. The molecule has 2 rings (SSSR count). The zero-order valence-electron chi connectivity index (χ0n) is 9.55. The van der Waals surface area contributed by atoms with Gasteiger partial charge in [-0.15, -0.1) is 0 Å². The summed E-state index contributed by atoms with van der Waals surface area (Å²) in [6.45, 7) is 1.20. The minimum absolute atomic E-state index is 0.0291. The van der Waals surface area contributed by atoms with Crippen molar-refractivity contribution in [1.82, 2.24) is 5.32 Å². The van der Waals surface area contributed by atoms with Gasteiger partial charge in [0.05, 0.1) is 5.56 Å². The molecule has 1 unspecified atom stereocenters. The molecule has 98 valence electrons. The van der Waals surface area contributed by atoms with Crippen LogP contribution >= 0.6 is 0 Å². The largest absolute Gasteiger partial charge is 0.416 e. The molecule has 1 aliphatic heterocycles. The Balaban J connectivity index is 2.34. The Morgan fingerprint density at radius 1 is 1.39 bits per heavy atom. The van der Waals surface area contributed by atoms with Gasteiger partial charge in [0.1, 0.15) is 0 Å². The molecular formula is C12H13F3N2O. The van der Waals surface area contributed by atoms with Crippen LogP contribution in [-0.2, 0) is 6.18 Å². The van der Waals surface area contributed by atoms with Gasteiger partial charge in [-0.2, -0.15) is 13.2 Å². The second kappa shape index (κ2) is 4.61. The van der Waals surface area contributed by atoms with Crippen LogP contribution in [0, 0.1) is 5.92 Å². The smallest absolute Gasteiger partial charge is 0.398 e. The molecule has 1 aliphatic rings. The molecule has 1 aromatic rings. The maximum atomic E-state index is 12.6. The molecule has 0 saturated carbocycles. The molecule has 0 bridgehead atoms. The molecule has 0 spiro atoms. The molecule has 0 aromatic heterocycles. The lowest BCUT2D eigenvalue weighted by molar-refractivity contribution is -0.137. The number of nitrogens with two attached hydrogens (primary N) is 1. The lowest BCUT2D eigenvalue weighted by atomic mass is 9.94. The summed E-state index contributed by atoms with van der Waals surface area (Å²) in [5.74, 6) is -0.598. The molecule has 1 heterocycles. The molecule has 1 saturated heterocycles. The maximum Gasteiger partial charge on any atom is 0.416 e. The number of hydrogen-bond donors (Lipinski definition) is 2. The van der Waals surface area contributed by atoms with E-state index < -0.39 is 11.7 Å². The van der Waals surface area contributed by atoms with Gasteiger partial charge in [0.25, 0.3) is 0 Å². The molecular weight excluding hydrogens is 245 g/mol. The number of alkyl halides is 3. The molecule has 6 heteroatoms. The molecule has 18 heavy (non-hydrogen) atoms. The van der Waals surface area contributed by atoms with Crippen molar-refractivity contribution in [2.75, 3.05) is 18.8 Å². The third-order valence-corrected chi connectivity index (χ3v) is 3.08. The first-order valence-corrected chi connectivity index (χ1v) is 5.61. The molecule has 0 aliphatic carbocycles. The van der Waals surface area contributed by atoms with E-state index in [-0.39, 0.29) is 23.0 Å². The fraction of sp³-hybridized carbons (Fsp3) is 0.417. The number of halogens is 3.